The molecule has 2 heterocycles. The first-order valence-corrected chi connectivity index (χ1v) is 6.51. The number of hydrogen-bond acceptors (Lipinski definition) is 5. The number of anilines is 1. The zero-order chi connectivity index (χ0) is 13.8. The molecule has 104 valence electrons. The zero-order valence-corrected chi connectivity index (χ0v) is 11.5. The molecule has 19 heavy (non-hydrogen) atoms. The van der Waals surface area contributed by atoms with Crippen LogP contribution in [-0.2, 0) is 0 Å². The van der Waals surface area contributed by atoms with E-state index in [0.29, 0.717) is 0 Å². The minimum absolute atomic E-state index is 0.0295. The molecule has 1 aliphatic heterocycles. The van der Waals surface area contributed by atoms with Gasteiger partial charge in [-0.1, -0.05) is 11.2 Å². The molecule has 1 atom stereocenters. The molecule has 0 radical (unpaired) electrons. The van der Waals surface area contributed by atoms with Gasteiger partial charge in [-0.05, 0) is 25.5 Å². The quantitative estimate of drug-likeness (QED) is 0.362. The number of aromatic nitrogens is 1. The van der Waals surface area contributed by atoms with Crippen LogP contribution in [0.2, 0.25) is 0 Å². The molecule has 6 nitrogen and oxygen atoms in total. The molecule has 3 N–H and O–H groups in total. The Morgan fingerprint density at radius 1 is 1.37 bits per heavy atom. The first kappa shape index (κ1) is 13.6. The van der Waals surface area contributed by atoms with Gasteiger partial charge in [0.15, 0.2) is 5.84 Å². The highest BCUT2D eigenvalue weighted by Crippen LogP contribution is 2.15. The molecule has 0 saturated carbocycles. The van der Waals surface area contributed by atoms with E-state index in [4.69, 9.17) is 10.9 Å². The number of oxime groups is 1. The predicted octanol–water partition coefficient (Wildman–Crippen LogP) is 0.647. The van der Waals surface area contributed by atoms with Crippen molar-refractivity contribution in [2.45, 2.75) is 19.9 Å². The monoisotopic (exact) mass is 263 g/mol. The Bertz CT molecular complexity index is 437. The van der Waals surface area contributed by atoms with Gasteiger partial charge in [-0.25, -0.2) is 4.98 Å². The van der Waals surface area contributed by atoms with Crippen molar-refractivity contribution >= 4 is 11.7 Å². The van der Waals surface area contributed by atoms with E-state index in [0.717, 1.165) is 32.0 Å². The average molecular weight is 263 g/mol. The maximum atomic E-state index is 8.71. The third-order valence-corrected chi connectivity index (χ3v) is 3.63. The van der Waals surface area contributed by atoms with Gasteiger partial charge in [-0.3, -0.25) is 4.90 Å². The van der Waals surface area contributed by atoms with Crippen LogP contribution in [0.4, 0.5) is 5.82 Å². The molecule has 1 aliphatic rings. The number of aryl methyl sites for hydroxylation is 1. The second-order valence-corrected chi connectivity index (χ2v) is 4.92. The normalized spacial score (nSPS) is 19.5. The van der Waals surface area contributed by atoms with Gasteiger partial charge in [0.25, 0.3) is 0 Å². The number of pyridine rings is 1. The second-order valence-electron chi connectivity index (χ2n) is 4.92. The Kier molecular flexibility index (Phi) is 4.21. The Morgan fingerprint density at radius 2 is 2.05 bits per heavy atom. The predicted molar refractivity (Wildman–Crippen MR) is 75.6 cm³/mol. The van der Waals surface area contributed by atoms with Gasteiger partial charge in [-0.15, -0.1) is 0 Å². The minimum Gasteiger partial charge on any atom is -0.409 e. The molecule has 0 aliphatic carbocycles. The molecule has 2 rings (SSSR count). The van der Waals surface area contributed by atoms with Crippen molar-refractivity contribution in [3.8, 4) is 0 Å². The van der Waals surface area contributed by atoms with E-state index < -0.39 is 0 Å². The van der Waals surface area contributed by atoms with Crippen LogP contribution in [0.25, 0.3) is 0 Å². The fourth-order valence-electron chi connectivity index (χ4n) is 2.26. The number of piperazine rings is 1. The van der Waals surface area contributed by atoms with Gasteiger partial charge in [0.2, 0.25) is 0 Å². The Labute approximate surface area is 113 Å². The van der Waals surface area contributed by atoms with Crippen molar-refractivity contribution in [1.29, 1.82) is 0 Å². The van der Waals surface area contributed by atoms with E-state index in [1.807, 2.05) is 20.0 Å². The lowest BCUT2D eigenvalue weighted by Crippen LogP contribution is -2.53. The van der Waals surface area contributed by atoms with Crippen LogP contribution < -0.4 is 10.6 Å². The summed E-state index contributed by atoms with van der Waals surface area (Å²) < 4.78 is 0. The fraction of sp³-hybridized carbons (Fsp3) is 0.538. The highest BCUT2D eigenvalue weighted by Gasteiger charge is 2.23. The first-order valence-electron chi connectivity index (χ1n) is 6.51. The van der Waals surface area contributed by atoms with Gasteiger partial charge in [0.05, 0.1) is 6.04 Å². The van der Waals surface area contributed by atoms with E-state index in [1.165, 1.54) is 5.56 Å². The molecule has 0 aromatic carbocycles. The maximum absolute atomic E-state index is 8.71. The summed E-state index contributed by atoms with van der Waals surface area (Å²) in [6.45, 7) is 7.56. The summed E-state index contributed by atoms with van der Waals surface area (Å²) in [5.41, 5.74) is 6.81. The van der Waals surface area contributed by atoms with Crippen LogP contribution in [0, 0.1) is 6.92 Å². The highest BCUT2D eigenvalue weighted by molar-refractivity contribution is 5.84. The molecule has 1 fully saturated rings. The summed E-state index contributed by atoms with van der Waals surface area (Å²) in [6.07, 6.45) is 1.89. The molecule has 0 spiro atoms. The molecular formula is C13H21N5O. The molecule has 0 amide bonds. The minimum atomic E-state index is -0.0295. The standard InChI is InChI=1S/C13H21N5O/c1-10-3-4-12(15-9-10)18-7-5-17(6-8-18)11(2)13(14)16-19/h3-4,9,11,19H,5-8H2,1-2H3,(H2,14,16). The molecule has 1 aromatic heterocycles. The van der Waals surface area contributed by atoms with Crippen molar-refractivity contribution < 1.29 is 5.21 Å². The zero-order valence-electron chi connectivity index (χ0n) is 11.5. The Morgan fingerprint density at radius 3 is 2.58 bits per heavy atom. The van der Waals surface area contributed by atoms with E-state index in [2.05, 4.69) is 32.1 Å². The van der Waals surface area contributed by atoms with E-state index in [9.17, 15) is 0 Å². The van der Waals surface area contributed by atoms with Crippen LogP contribution in [0.3, 0.4) is 0 Å². The van der Waals surface area contributed by atoms with Crippen molar-refractivity contribution in [3.63, 3.8) is 0 Å². The van der Waals surface area contributed by atoms with Gasteiger partial charge >= 0.3 is 0 Å². The van der Waals surface area contributed by atoms with Crippen LogP contribution in [0.5, 0.6) is 0 Å². The van der Waals surface area contributed by atoms with Gasteiger partial charge in [0.1, 0.15) is 5.82 Å². The summed E-state index contributed by atoms with van der Waals surface area (Å²) in [5, 5.41) is 11.8. The topological polar surface area (TPSA) is 78.0 Å². The molecule has 0 bridgehead atoms. The van der Waals surface area contributed by atoms with Crippen molar-refractivity contribution in [3.05, 3.63) is 23.9 Å². The summed E-state index contributed by atoms with van der Waals surface area (Å²) in [7, 11) is 0. The summed E-state index contributed by atoms with van der Waals surface area (Å²) in [4.78, 5) is 8.91. The summed E-state index contributed by atoms with van der Waals surface area (Å²) in [6, 6.07) is 4.10. The van der Waals surface area contributed by atoms with Crippen LogP contribution >= 0.6 is 0 Å². The van der Waals surface area contributed by atoms with E-state index in [-0.39, 0.29) is 11.9 Å². The Balaban J connectivity index is 1.94. The van der Waals surface area contributed by atoms with Crippen LogP contribution in [0.15, 0.2) is 23.5 Å². The number of rotatable bonds is 3. The summed E-state index contributed by atoms with van der Waals surface area (Å²) >= 11 is 0. The highest BCUT2D eigenvalue weighted by atomic mass is 16.4. The van der Waals surface area contributed by atoms with Gasteiger partial charge in [-0.2, -0.15) is 0 Å². The molecular weight excluding hydrogens is 242 g/mol. The largest absolute Gasteiger partial charge is 0.409 e. The third-order valence-electron chi connectivity index (χ3n) is 3.63. The third kappa shape index (κ3) is 3.14. The fourth-order valence-corrected chi connectivity index (χ4v) is 2.26. The molecule has 6 heteroatoms. The number of nitrogens with two attached hydrogens (primary N) is 1. The molecule has 1 aromatic rings. The molecule has 1 unspecified atom stereocenters. The van der Waals surface area contributed by atoms with Crippen molar-refractivity contribution in [2.75, 3.05) is 31.1 Å². The maximum Gasteiger partial charge on any atom is 0.156 e. The van der Waals surface area contributed by atoms with E-state index in [1.54, 1.807) is 0 Å². The smallest absolute Gasteiger partial charge is 0.156 e. The second kappa shape index (κ2) is 5.88. The van der Waals surface area contributed by atoms with Gasteiger partial charge in [0, 0.05) is 32.4 Å². The van der Waals surface area contributed by atoms with Crippen LogP contribution in [0.1, 0.15) is 12.5 Å². The van der Waals surface area contributed by atoms with E-state index >= 15 is 0 Å². The lowest BCUT2D eigenvalue weighted by Gasteiger charge is -2.38. The lowest BCUT2D eigenvalue weighted by molar-refractivity contribution is 0.230. The summed E-state index contributed by atoms with van der Waals surface area (Å²) in [5.74, 6) is 1.28. The number of amidine groups is 1. The number of nitrogens with zero attached hydrogens (tertiary/aromatic N) is 4. The van der Waals surface area contributed by atoms with Crippen molar-refractivity contribution in [1.82, 2.24) is 9.88 Å². The number of hydrogen-bond donors (Lipinski definition) is 2. The van der Waals surface area contributed by atoms with Crippen molar-refractivity contribution in [2.24, 2.45) is 10.9 Å². The van der Waals surface area contributed by atoms with Gasteiger partial charge < -0.3 is 15.8 Å². The Hall–Kier alpha value is -1.82. The lowest BCUT2D eigenvalue weighted by atomic mass is 10.2. The first-order chi connectivity index (χ1) is 9.11. The van der Waals surface area contributed by atoms with Crippen LogP contribution in [-0.4, -0.2) is 53.1 Å². The molecule has 1 saturated heterocycles. The SMILES string of the molecule is Cc1ccc(N2CCN(C(C)C(N)=NO)CC2)nc1. The average Bonchev–Trinajstić information content (AvgIpc) is 2.46.